The van der Waals surface area contributed by atoms with Crippen LogP contribution in [0.15, 0.2) is 128 Å². The van der Waals surface area contributed by atoms with Gasteiger partial charge in [0.1, 0.15) is 0 Å². The van der Waals surface area contributed by atoms with Crippen LogP contribution in [0.2, 0.25) is 0 Å². The maximum atomic E-state index is 7.02. The maximum absolute atomic E-state index is 7.02. The van der Waals surface area contributed by atoms with Crippen molar-refractivity contribution in [3.8, 4) is 0 Å². The largest absolute Gasteiger partial charge is 0.398 e. The third-order valence-electron chi connectivity index (χ3n) is 5.75. The molecule has 5 aromatic rings. The van der Waals surface area contributed by atoms with Crippen molar-refractivity contribution in [3.63, 3.8) is 0 Å². The smallest absolute Gasteiger partial charge is 0.288 e. The van der Waals surface area contributed by atoms with Crippen LogP contribution in [-0.2, 0) is 17.6 Å². The average Bonchev–Trinajstić information content (AvgIpc) is 3.40. The first-order valence-electron chi connectivity index (χ1n) is 11.1. The summed E-state index contributed by atoms with van der Waals surface area (Å²) < 4.78 is 9.04. The van der Waals surface area contributed by atoms with E-state index >= 15 is 0 Å². The van der Waals surface area contributed by atoms with Gasteiger partial charge in [0.05, 0.1) is 30.9 Å². The molecule has 162 valence electrons. The molecule has 0 atom stereocenters. The van der Waals surface area contributed by atoms with E-state index in [9.17, 15) is 0 Å². The van der Waals surface area contributed by atoms with Gasteiger partial charge < -0.3 is 8.99 Å². The standard InChI is InChI=1S/C28H25N3OSi/c1-4-13-26(14-5-1)33(27-15-6-2-7-16-27,28-17-8-3-9-18-28)32-22-25-12-10-11-24(30-25)21-31-20-19-29-23-31/h1-20,23H,21-22H2. The van der Waals surface area contributed by atoms with Crippen LogP contribution in [0.1, 0.15) is 11.4 Å². The second-order valence-corrected chi connectivity index (χ2v) is 11.3. The van der Waals surface area contributed by atoms with Crippen molar-refractivity contribution in [1.82, 2.24) is 14.5 Å². The summed E-state index contributed by atoms with van der Waals surface area (Å²) in [7, 11) is -2.74. The van der Waals surface area contributed by atoms with Gasteiger partial charge in [-0.2, -0.15) is 0 Å². The molecular formula is C28H25N3OSi. The molecule has 0 N–H and O–H groups in total. The summed E-state index contributed by atoms with van der Waals surface area (Å²) >= 11 is 0. The number of hydrogen-bond acceptors (Lipinski definition) is 3. The lowest BCUT2D eigenvalue weighted by Crippen LogP contribution is -2.69. The summed E-state index contributed by atoms with van der Waals surface area (Å²) in [5.41, 5.74) is 1.91. The molecule has 33 heavy (non-hydrogen) atoms. The number of pyridine rings is 1. The van der Waals surface area contributed by atoms with Crippen LogP contribution in [0.4, 0.5) is 0 Å². The molecule has 0 bridgehead atoms. The summed E-state index contributed by atoms with van der Waals surface area (Å²) in [6.07, 6.45) is 5.54. The number of rotatable bonds is 8. The Morgan fingerprint density at radius 3 is 1.70 bits per heavy atom. The number of nitrogens with zero attached hydrogens (tertiary/aromatic N) is 3. The lowest BCUT2D eigenvalue weighted by molar-refractivity contribution is 0.306. The number of imidazole rings is 1. The first kappa shape index (κ1) is 21.1. The fraction of sp³-hybridized carbons (Fsp3) is 0.0714. The normalized spacial score (nSPS) is 11.4. The quantitative estimate of drug-likeness (QED) is 0.270. The SMILES string of the molecule is c1ccc([Si](OCc2cccc(Cn3ccnc3)n2)(c2ccccc2)c2ccccc2)cc1. The summed E-state index contributed by atoms with van der Waals surface area (Å²) in [6.45, 7) is 1.12. The van der Waals surface area contributed by atoms with Gasteiger partial charge in [-0.15, -0.1) is 0 Å². The molecule has 0 saturated heterocycles. The molecular weight excluding hydrogens is 422 g/mol. The van der Waals surface area contributed by atoms with Crippen LogP contribution in [0.3, 0.4) is 0 Å². The molecule has 0 aliphatic heterocycles. The predicted octanol–water partition coefficient (Wildman–Crippen LogP) is 3.51. The van der Waals surface area contributed by atoms with Gasteiger partial charge in [-0.1, -0.05) is 97.1 Å². The second-order valence-electron chi connectivity index (χ2n) is 7.92. The number of aromatic nitrogens is 3. The van der Waals surface area contributed by atoms with Crippen molar-refractivity contribution in [3.05, 3.63) is 139 Å². The van der Waals surface area contributed by atoms with Crippen LogP contribution >= 0.6 is 0 Å². The Balaban J connectivity index is 1.54. The Kier molecular flexibility index (Phi) is 6.24. The van der Waals surface area contributed by atoms with Crippen molar-refractivity contribution in [2.24, 2.45) is 0 Å². The Morgan fingerprint density at radius 1 is 0.636 bits per heavy atom. The van der Waals surface area contributed by atoms with Crippen molar-refractivity contribution >= 4 is 23.9 Å². The minimum absolute atomic E-state index is 0.433. The van der Waals surface area contributed by atoms with Gasteiger partial charge >= 0.3 is 0 Å². The fourth-order valence-electron chi connectivity index (χ4n) is 4.22. The van der Waals surface area contributed by atoms with E-state index in [-0.39, 0.29) is 0 Å². The molecule has 2 aromatic heterocycles. The Labute approximate surface area is 195 Å². The highest BCUT2D eigenvalue weighted by atomic mass is 28.4. The highest BCUT2D eigenvalue weighted by Crippen LogP contribution is 2.13. The fourth-order valence-corrected chi connectivity index (χ4v) is 8.07. The third-order valence-corrected chi connectivity index (χ3v) is 9.76. The molecule has 3 aromatic carbocycles. The monoisotopic (exact) mass is 447 g/mol. The zero-order valence-corrected chi connectivity index (χ0v) is 19.3. The van der Waals surface area contributed by atoms with Crippen LogP contribution < -0.4 is 15.6 Å². The van der Waals surface area contributed by atoms with E-state index in [0.29, 0.717) is 13.2 Å². The molecule has 0 amide bonds. The van der Waals surface area contributed by atoms with Gasteiger partial charge in [-0.25, -0.2) is 4.98 Å². The van der Waals surface area contributed by atoms with Crippen LogP contribution in [0.5, 0.6) is 0 Å². The topological polar surface area (TPSA) is 39.9 Å². The van der Waals surface area contributed by atoms with Crippen molar-refractivity contribution in [2.75, 3.05) is 0 Å². The van der Waals surface area contributed by atoms with E-state index in [0.717, 1.165) is 11.4 Å². The molecule has 0 aliphatic rings. The lowest BCUT2D eigenvalue weighted by Gasteiger charge is -2.33. The Hall–Kier alpha value is -3.80. The van der Waals surface area contributed by atoms with Gasteiger partial charge in [0.15, 0.2) is 0 Å². The first-order chi connectivity index (χ1) is 16.3. The summed E-state index contributed by atoms with van der Waals surface area (Å²) in [4.78, 5) is 9.01. The molecule has 0 saturated carbocycles. The molecule has 0 unspecified atom stereocenters. The minimum Gasteiger partial charge on any atom is -0.398 e. The lowest BCUT2D eigenvalue weighted by atomic mass is 10.3. The van der Waals surface area contributed by atoms with Crippen molar-refractivity contribution in [1.29, 1.82) is 0 Å². The summed E-state index contributed by atoms with van der Waals surface area (Å²) in [5.74, 6) is 0. The zero-order chi connectivity index (χ0) is 22.3. The number of benzene rings is 3. The van der Waals surface area contributed by atoms with E-state index in [2.05, 4.69) is 102 Å². The highest BCUT2D eigenvalue weighted by molar-refractivity contribution is 7.07. The molecule has 5 heteroatoms. The summed E-state index contributed by atoms with van der Waals surface area (Å²) in [5, 5.41) is 3.66. The van der Waals surface area contributed by atoms with E-state index in [4.69, 9.17) is 9.41 Å². The van der Waals surface area contributed by atoms with E-state index in [1.54, 1.807) is 6.20 Å². The molecule has 4 nitrogen and oxygen atoms in total. The molecule has 2 heterocycles. The van der Waals surface area contributed by atoms with Gasteiger partial charge in [0.25, 0.3) is 8.32 Å². The second kappa shape index (κ2) is 9.77. The van der Waals surface area contributed by atoms with E-state index in [1.165, 1.54) is 15.6 Å². The maximum Gasteiger partial charge on any atom is 0.288 e. The van der Waals surface area contributed by atoms with E-state index < -0.39 is 8.32 Å². The Morgan fingerprint density at radius 2 is 1.18 bits per heavy atom. The average molecular weight is 448 g/mol. The predicted molar refractivity (Wildman–Crippen MR) is 134 cm³/mol. The molecule has 0 fully saturated rings. The van der Waals surface area contributed by atoms with Crippen molar-refractivity contribution in [2.45, 2.75) is 13.2 Å². The van der Waals surface area contributed by atoms with Crippen LogP contribution in [0.25, 0.3) is 0 Å². The summed E-state index contributed by atoms with van der Waals surface area (Å²) in [6, 6.07) is 38.0. The van der Waals surface area contributed by atoms with Gasteiger partial charge in [-0.05, 0) is 27.7 Å². The molecule has 0 aliphatic carbocycles. The third kappa shape index (κ3) is 4.55. The Bertz CT molecular complexity index is 1180. The zero-order valence-electron chi connectivity index (χ0n) is 18.3. The van der Waals surface area contributed by atoms with Crippen LogP contribution in [0, 0.1) is 0 Å². The molecule has 0 spiro atoms. The molecule has 0 radical (unpaired) electrons. The first-order valence-corrected chi connectivity index (χ1v) is 13.0. The van der Waals surface area contributed by atoms with Crippen LogP contribution in [-0.4, -0.2) is 22.9 Å². The van der Waals surface area contributed by atoms with Gasteiger partial charge in [0, 0.05) is 12.4 Å². The number of hydrogen-bond donors (Lipinski definition) is 0. The van der Waals surface area contributed by atoms with Gasteiger partial charge in [-0.3, -0.25) is 4.98 Å². The molecule has 5 rings (SSSR count). The van der Waals surface area contributed by atoms with Gasteiger partial charge in [0.2, 0.25) is 0 Å². The van der Waals surface area contributed by atoms with E-state index in [1.807, 2.05) is 29.2 Å². The van der Waals surface area contributed by atoms with Crippen molar-refractivity contribution < 1.29 is 4.43 Å². The highest BCUT2D eigenvalue weighted by Gasteiger charge is 2.41. The minimum atomic E-state index is -2.74.